The van der Waals surface area contributed by atoms with Gasteiger partial charge in [-0.3, -0.25) is 4.79 Å². The number of hydrogen-bond donors (Lipinski definition) is 1. The lowest BCUT2D eigenvalue weighted by Crippen LogP contribution is -2.42. The van der Waals surface area contributed by atoms with E-state index in [2.05, 4.69) is 5.32 Å². The molecule has 2 atom stereocenters. The first-order valence-electron chi connectivity index (χ1n) is 7.20. The Balaban J connectivity index is 1.56. The Labute approximate surface area is 124 Å². The molecule has 1 heterocycles. The van der Waals surface area contributed by atoms with Crippen LogP contribution in [-0.4, -0.2) is 39.3 Å². The summed E-state index contributed by atoms with van der Waals surface area (Å²) in [5.41, 5.74) is -0.416. The van der Waals surface area contributed by atoms with E-state index in [1.807, 2.05) is 0 Å². The number of fused-ring (bicyclic) bond motifs is 2. The summed E-state index contributed by atoms with van der Waals surface area (Å²) in [6, 6.07) is 8.30. The number of carbonyl (C=O) groups is 1. The highest BCUT2D eigenvalue weighted by molar-refractivity contribution is 7.91. The SMILES string of the molecule is O=C(NCCS(=O)(=O)c1ccccc1)C12CCC(C1)OC2. The molecule has 6 heteroatoms. The summed E-state index contributed by atoms with van der Waals surface area (Å²) in [7, 11) is -3.34. The minimum Gasteiger partial charge on any atom is -0.377 e. The molecule has 2 bridgehead atoms. The molecular weight excluding hydrogens is 290 g/mol. The summed E-state index contributed by atoms with van der Waals surface area (Å²) in [4.78, 5) is 12.6. The monoisotopic (exact) mass is 309 g/mol. The van der Waals surface area contributed by atoms with Crippen LogP contribution in [0.25, 0.3) is 0 Å². The van der Waals surface area contributed by atoms with Crippen molar-refractivity contribution in [2.24, 2.45) is 5.41 Å². The lowest BCUT2D eigenvalue weighted by molar-refractivity contribution is -0.131. The maximum atomic E-state index is 12.3. The predicted molar refractivity (Wildman–Crippen MR) is 77.5 cm³/mol. The van der Waals surface area contributed by atoms with Gasteiger partial charge < -0.3 is 10.1 Å². The highest BCUT2D eigenvalue weighted by Crippen LogP contribution is 2.46. The quantitative estimate of drug-likeness (QED) is 0.885. The molecule has 1 amide bonds. The highest BCUT2D eigenvalue weighted by Gasteiger charge is 2.51. The molecule has 5 nitrogen and oxygen atoms in total. The molecule has 0 spiro atoms. The van der Waals surface area contributed by atoms with Crippen LogP contribution in [0.5, 0.6) is 0 Å². The van der Waals surface area contributed by atoms with Gasteiger partial charge in [-0.1, -0.05) is 18.2 Å². The zero-order valence-electron chi connectivity index (χ0n) is 11.7. The van der Waals surface area contributed by atoms with E-state index in [9.17, 15) is 13.2 Å². The molecule has 114 valence electrons. The third-order valence-corrected chi connectivity index (χ3v) is 6.13. The Hall–Kier alpha value is -1.40. The van der Waals surface area contributed by atoms with Gasteiger partial charge >= 0.3 is 0 Å². The van der Waals surface area contributed by atoms with E-state index >= 15 is 0 Å². The molecule has 1 aromatic rings. The van der Waals surface area contributed by atoms with Gasteiger partial charge in [-0.25, -0.2) is 8.42 Å². The number of carbonyl (C=O) groups excluding carboxylic acids is 1. The molecule has 1 N–H and O–H groups in total. The first-order valence-corrected chi connectivity index (χ1v) is 8.85. The van der Waals surface area contributed by atoms with Gasteiger partial charge in [-0.15, -0.1) is 0 Å². The number of sulfone groups is 1. The fourth-order valence-corrected chi connectivity index (χ4v) is 4.31. The first kappa shape index (κ1) is 14.5. The minimum absolute atomic E-state index is 0.0641. The third-order valence-electron chi connectivity index (χ3n) is 4.40. The van der Waals surface area contributed by atoms with Crippen molar-refractivity contribution >= 4 is 15.7 Å². The largest absolute Gasteiger partial charge is 0.377 e. The van der Waals surface area contributed by atoms with Gasteiger partial charge in [0.25, 0.3) is 0 Å². The van der Waals surface area contributed by atoms with Gasteiger partial charge in [-0.05, 0) is 31.4 Å². The van der Waals surface area contributed by atoms with Crippen molar-refractivity contribution in [2.75, 3.05) is 18.9 Å². The van der Waals surface area contributed by atoms with Crippen LogP contribution in [0.2, 0.25) is 0 Å². The highest BCUT2D eigenvalue weighted by atomic mass is 32.2. The summed E-state index contributed by atoms with van der Waals surface area (Å²) in [5, 5.41) is 2.77. The van der Waals surface area contributed by atoms with E-state index < -0.39 is 15.3 Å². The summed E-state index contributed by atoms with van der Waals surface area (Å²) in [6.07, 6.45) is 2.75. The Morgan fingerprint density at radius 3 is 2.67 bits per heavy atom. The number of benzene rings is 1. The molecule has 2 fully saturated rings. The Morgan fingerprint density at radius 1 is 1.33 bits per heavy atom. The summed E-state index contributed by atoms with van der Waals surface area (Å²) in [5.74, 6) is -0.144. The van der Waals surface area contributed by atoms with Gasteiger partial charge in [-0.2, -0.15) is 0 Å². The maximum Gasteiger partial charge on any atom is 0.228 e. The second-order valence-electron chi connectivity index (χ2n) is 5.84. The fourth-order valence-electron chi connectivity index (χ4n) is 3.13. The van der Waals surface area contributed by atoms with Crippen molar-refractivity contribution < 1.29 is 17.9 Å². The number of amides is 1. The Morgan fingerprint density at radius 2 is 2.10 bits per heavy atom. The Kier molecular flexibility index (Phi) is 3.75. The topological polar surface area (TPSA) is 72.5 Å². The van der Waals surface area contributed by atoms with Crippen molar-refractivity contribution in [3.05, 3.63) is 30.3 Å². The van der Waals surface area contributed by atoms with Crippen LogP contribution in [0.1, 0.15) is 19.3 Å². The van der Waals surface area contributed by atoms with E-state index in [0.717, 1.165) is 19.3 Å². The second-order valence-corrected chi connectivity index (χ2v) is 7.95. The molecule has 21 heavy (non-hydrogen) atoms. The third kappa shape index (κ3) is 2.82. The number of rotatable bonds is 5. The molecule has 2 aliphatic rings. The summed E-state index contributed by atoms with van der Waals surface area (Å²) < 4.78 is 29.7. The minimum atomic E-state index is -3.34. The molecule has 0 aromatic heterocycles. The Bertz CT molecular complexity index is 618. The standard InChI is InChI=1S/C15H19NO4S/c17-14(15-7-6-12(10-15)20-11-15)16-8-9-21(18,19)13-4-2-1-3-5-13/h1-5,12H,6-11H2,(H,16,17). The first-order chi connectivity index (χ1) is 10.0. The molecule has 1 aromatic carbocycles. The van der Waals surface area contributed by atoms with Gasteiger partial charge in [0.2, 0.25) is 5.91 Å². The van der Waals surface area contributed by atoms with E-state index in [4.69, 9.17) is 4.74 Å². The molecule has 1 aliphatic heterocycles. The van der Waals surface area contributed by atoms with Crippen molar-refractivity contribution in [1.82, 2.24) is 5.32 Å². The van der Waals surface area contributed by atoms with E-state index in [1.165, 1.54) is 0 Å². The van der Waals surface area contributed by atoms with E-state index in [0.29, 0.717) is 11.5 Å². The normalized spacial score (nSPS) is 27.7. The molecular formula is C15H19NO4S. The van der Waals surface area contributed by atoms with Crippen molar-refractivity contribution in [3.8, 4) is 0 Å². The van der Waals surface area contributed by atoms with Crippen LogP contribution in [0, 0.1) is 5.41 Å². The lowest BCUT2D eigenvalue weighted by atomic mass is 9.87. The summed E-state index contributed by atoms with van der Waals surface area (Å²) in [6.45, 7) is 0.609. The summed E-state index contributed by atoms with van der Waals surface area (Å²) >= 11 is 0. The van der Waals surface area contributed by atoms with Crippen LogP contribution in [-0.2, 0) is 19.4 Å². The maximum absolute atomic E-state index is 12.3. The average molecular weight is 309 g/mol. The molecule has 1 saturated carbocycles. The van der Waals surface area contributed by atoms with Crippen molar-refractivity contribution in [3.63, 3.8) is 0 Å². The van der Waals surface area contributed by atoms with Gasteiger partial charge in [0, 0.05) is 6.54 Å². The molecule has 1 saturated heterocycles. The smallest absolute Gasteiger partial charge is 0.228 e. The fraction of sp³-hybridized carbons (Fsp3) is 0.533. The number of hydrogen-bond acceptors (Lipinski definition) is 4. The molecule has 1 aliphatic carbocycles. The van der Waals surface area contributed by atoms with Crippen LogP contribution in [0.4, 0.5) is 0 Å². The number of nitrogens with one attached hydrogen (secondary N) is 1. The van der Waals surface area contributed by atoms with Gasteiger partial charge in [0.1, 0.15) is 0 Å². The van der Waals surface area contributed by atoms with Gasteiger partial charge in [0.15, 0.2) is 9.84 Å². The zero-order valence-corrected chi connectivity index (χ0v) is 12.6. The van der Waals surface area contributed by atoms with Crippen LogP contribution < -0.4 is 5.32 Å². The molecule has 0 radical (unpaired) electrons. The second kappa shape index (κ2) is 5.42. The van der Waals surface area contributed by atoms with Crippen LogP contribution in [0.15, 0.2) is 35.2 Å². The van der Waals surface area contributed by atoms with Gasteiger partial charge in [0.05, 0.1) is 28.8 Å². The zero-order chi connectivity index (χ0) is 14.9. The van der Waals surface area contributed by atoms with Crippen molar-refractivity contribution in [2.45, 2.75) is 30.3 Å². The number of ether oxygens (including phenoxy) is 1. The lowest BCUT2D eigenvalue weighted by Gasteiger charge is -2.24. The molecule has 2 unspecified atom stereocenters. The van der Waals surface area contributed by atoms with Crippen molar-refractivity contribution in [1.29, 1.82) is 0 Å². The predicted octanol–water partition coefficient (Wildman–Crippen LogP) is 1.15. The van der Waals surface area contributed by atoms with E-state index in [-0.39, 0.29) is 24.3 Å². The molecule has 3 rings (SSSR count). The van der Waals surface area contributed by atoms with E-state index in [1.54, 1.807) is 30.3 Å². The average Bonchev–Trinajstić information content (AvgIpc) is 3.10. The van der Waals surface area contributed by atoms with Crippen LogP contribution >= 0.6 is 0 Å². The van der Waals surface area contributed by atoms with Crippen LogP contribution in [0.3, 0.4) is 0 Å².